The normalized spacial score (nSPS) is 24.4. The Morgan fingerprint density at radius 1 is 0.962 bits per heavy atom. The molecule has 2 saturated heterocycles. The van der Waals surface area contributed by atoms with Crippen LogP contribution in [-0.4, -0.2) is 61.5 Å². The van der Waals surface area contributed by atoms with E-state index < -0.39 is 0 Å². The minimum absolute atomic E-state index is 0. The van der Waals surface area contributed by atoms with Gasteiger partial charge in [-0.05, 0) is 56.5 Å². The molecule has 0 spiro atoms. The van der Waals surface area contributed by atoms with Gasteiger partial charge in [0.1, 0.15) is 0 Å². The third-order valence-electron chi connectivity index (χ3n) is 6.65. The molecule has 1 aliphatic carbocycles. The van der Waals surface area contributed by atoms with Crippen LogP contribution in [0.1, 0.15) is 58.3 Å². The number of amides is 1. The van der Waals surface area contributed by atoms with Crippen LogP contribution < -0.4 is 5.32 Å². The average Bonchev–Trinajstić information content (AvgIpc) is 2.64. The maximum absolute atomic E-state index is 12.6. The van der Waals surface area contributed by atoms with Crippen molar-refractivity contribution in [1.29, 1.82) is 0 Å². The number of hydrogen-bond donors (Lipinski definition) is 1. The highest BCUT2D eigenvalue weighted by molar-refractivity contribution is 5.85. The molecule has 1 N–H and O–H groups in total. The lowest BCUT2D eigenvalue weighted by molar-refractivity contribution is -0.134. The van der Waals surface area contributed by atoms with Gasteiger partial charge in [0.15, 0.2) is 0 Å². The number of piperazine rings is 1. The lowest BCUT2D eigenvalue weighted by Gasteiger charge is -2.38. The van der Waals surface area contributed by atoms with Gasteiger partial charge in [-0.15, -0.1) is 24.8 Å². The van der Waals surface area contributed by atoms with Gasteiger partial charge in [0.2, 0.25) is 5.91 Å². The van der Waals surface area contributed by atoms with Gasteiger partial charge in [-0.1, -0.05) is 26.2 Å². The highest BCUT2D eigenvalue weighted by atomic mass is 35.5. The Balaban J connectivity index is 0.00000169. The Bertz CT molecular complexity index is 391. The molecule has 6 heteroatoms. The summed E-state index contributed by atoms with van der Waals surface area (Å²) in [7, 11) is 0. The Kier molecular flexibility index (Phi) is 11.5. The van der Waals surface area contributed by atoms with Gasteiger partial charge in [0.05, 0.1) is 0 Å². The second kappa shape index (κ2) is 12.4. The van der Waals surface area contributed by atoms with Crippen molar-refractivity contribution in [1.82, 2.24) is 15.1 Å². The van der Waals surface area contributed by atoms with Crippen LogP contribution in [0.3, 0.4) is 0 Å². The molecule has 1 saturated carbocycles. The van der Waals surface area contributed by atoms with E-state index in [0.29, 0.717) is 11.8 Å². The van der Waals surface area contributed by atoms with Crippen LogP contribution >= 0.6 is 24.8 Å². The van der Waals surface area contributed by atoms with Crippen molar-refractivity contribution in [3.63, 3.8) is 0 Å². The predicted octanol–water partition coefficient (Wildman–Crippen LogP) is 3.58. The molecular weight excluding hydrogens is 369 g/mol. The van der Waals surface area contributed by atoms with Crippen LogP contribution in [0.2, 0.25) is 0 Å². The molecule has 3 fully saturated rings. The number of nitrogens with one attached hydrogen (secondary N) is 1. The minimum Gasteiger partial charge on any atom is -0.340 e. The maximum Gasteiger partial charge on any atom is 0.222 e. The zero-order valence-electron chi connectivity index (χ0n) is 16.5. The van der Waals surface area contributed by atoms with E-state index in [1.54, 1.807) is 0 Å². The van der Waals surface area contributed by atoms with Gasteiger partial charge < -0.3 is 10.2 Å². The molecule has 3 aliphatic rings. The molecule has 1 unspecified atom stereocenters. The standard InChI is InChI=1S/C20H37N3O.2ClH/c1-17(19-7-9-21-10-8-19)15-20(24)23-13-11-22(12-14-23)16-18-5-3-2-4-6-18;;/h17-19,21H,2-16H2,1H3;2*1H. The monoisotopic (exact) mass is 407 g/mol. The van der Waals surface area contributed by atoms with Gasteiger partial charge in [-0.25, -0.2) is 0 Å². The number of hydrogen-bond acceptors (Lipinski definition) is 3. The van der Waals surface area contributed by atoms with Crippen molar-refractivity contribution in [3.8, 4) is 0 Å². The van der Waals surface area contributed by atoms with E-state index >= 15 is 0 Å². The molecule has 0 radical (unpaired) electrons. The van der Waals surface area contributed by atoms with E-state index in [2.05, 4.69) is 22.0 Å². The second-order valence-corrected chi connectivity index (χ2v) is 8.45. The van der Waals surface area contributed by atoms with E-state index in [0.717, 1.165) is 57.5 Å². The lowest BCUT2D eigenvalue weighted by Crippen LogP contribution is -2.50. The summed E-state index contributed by atoms with van der Waals surface area (Å²) in [6, 6.07) is 0. The van der Waals surface area contributed by atoms with E-state index in [-0.39, 0.29) is 24.8 Å². The molecule has 3 rings (SSSR count). The molecule has 1 amide bonds. The Morgan fingerprint density at radius 3 is 2.19 bits per heavy atom. The molecule has 26 heavy (non-hydrogen) atoms. The summed E-state index contributed by atoms with van der Waals surface area (Å²) in [6.07, 6.45) is 10.4. The number of piperidine rings is 1. The number of rotatable bonds is 5. The predicted molar refractivity (Wildman–Crippen MR) is 113 cm³/mol. The second-order valence-electron chi connectivity index (χ2n) is 8.45. The summed E-state index contributed by atoms with van der Waals surface area (Å²) in [5.74, 6) is 2.60. The van der Waals surface area contributed by atoms with Crippen LogP contribution in [0.15, 0.2) is 0 Å². The molecule has 0 bridgehead atoms. The molecule has 1 atom stereocenters. The van der Waals surface area contributed by atoms with Crippen LogP contribution in [0, 0.1) is 17.8 Å². The van der Waals surface area contributed by atoms with Crippen molar-refractivity contribution < 1.29 is 4.79 Å². The average molecular weight is 408 g/mol. The van der Waals surface area contributed by atoms with Crippen molar-refractivity contribution in [3.05, 3.63) is 0 Å². The first-order valence-corrected chi connectivity index (χ1v) is 10.4. The van der Waals surface area contributed by atoms with Crippen LogP contribution in [-0.2, 0) is 4.79 Å². The minimum atomic E-state index is 0. The number of halogens is 2. The summed E-state index contributed by atoms with van der Waals surface area (Å²) in [6.45, 7) is 9.88. The number of carbonyl (C=O) groups is 1. The van der Waals surface area contributed by atoms with Gasteiger partial charge >= 0.3 is 0 Å². The number of nitrogens with zero attached hydrogens (tertiary/aromatic N) is 2. The Morgan fingerprint density at radius 2 is 1.58 bits per heavy atom. The van der Waals surface area contributed by atoms with E-state index in [1.807, 2.05) is 0 Å². The SMILES string of the molecule is CC(CC(=O)N1CCN(CC2CCCCC2)CC1)C1CCNCC1.Cl.Cl. The zero-order chi connectivity index (χ0) is 16.8. The highest BCUT2D eigenvalue weighted by Crippen LogP contribution is 2.26. The smallest absolute Gasteiger partial charge is 0.222 e. The first-order chi connectivity index (χ1) is 11.7. The summed E-state index contributed by atoms with van der Waals surface area (Å²) in [4.78, 5) is 17.4. The van der Waals surface area contributed by atoms with E-state index in [4.69, 9.17) is 0 Å². The van der Waals surface area contributed by atoms with Crippen molar-refractivity contribution in [2.24, 2.45) is 17.8 Å². The summed E-state index contributed by atoms with van der Waals surface area (Å²) in [5, 5.41) is 3.42. The Labute approximate surface area is 172 Å². The summed E-state index contributed by atoms with van der Waals surface area (Å²) in [5.41, 5.74) is 0. The molecule has 154 valence electrons. The van der Waals surface area contributed by atoms with Crippen molar-refractivity contribution >= 4 is 30.7 Å². The molecule has 0 aromatic heterocycles. The largest absolute Gasteiger partial charge is 0.340 e. The third kappa shape index (κ3) is 7.18. The van der Waals surface area contributed by atoms with Gasteiger partial charge in [0.25, 0.3) is 0 Å². The van der Waals surface area contributed by atoms with Crippen LogP contribution in [0.25, 0.3) is 0 Å². The van der Waals surface area contributed by atoms with E-state index in [9.17, 15) is 4.79 Å². The quantitative estimate of drug-likeness (QED) is 0.755. The van der Waals surface area contributed by atoms with Crippen molar-refractivity contribution in [2.45, 2.75) is 58.3 Å². The van der Waals surface area contributed by atoms with Gasteiger partial charge in [-0.3, -0.25) is 9.69 Å². The van der Waals surface area contributed by atoms with Crippen molar-refractivity contribution in [2.75, 3.05) is 45.8 Å². The van der Waals surface area contributed by atoms with Gasteiger partial charge in [0, 0.05) is 39.1 Å². The fourth-order valence-electron chi connectivity index (χ4n) is 4.90. The number of carbonyl (C=O) groups excluding carboxylic acids is 1. The van der Waals surface area contributed by atoms with Crippen LogP contribution in [0.4, 0.5) is 0 Å². The topological polar surface area (TPSA) is 35.6 Å². The van der Waals surface area contributed by atoms with Crippen LogP contribution in [0.5, 0.6) is 0 Å². The lowest BCUT2D eigenvalue weighted by atomic mass is 9.84. The first kappa shape index (κ1) is 24.0. The molecule has 0 aromatic carbocycles. The maximum atomic E-state index is 12.6. The molecule has 4 nitrogen and oxygen atoms in total. The molecule has 2 aliphatic heterocycles. The third-order valence-corrected chi connectivity index (χ3v) is 6.65. The molecule has 2 heterocycles. The van der Waals surface area contributed by atoms with Gasteiger partial charge in [-0.2, -0.15) is 0 Å². The Hall–Kier alpha value is -0.0300. The fraction of sp³-hybridized carbons (Fsp3) is 0.950. The zero-order valence-corrected chi connectivity index (χ0v) is 18.1. The van der Waals surface area contributed by atoms with E-state index in [1.165, 1.54) is 51.5 Å². The fourth-order valence-corrected chi connectivity index (χ4v) is 4.90. The highest BCUT2D eigenvalue weighted by Gasteiger charge is 2.27. The summed E-state index contributed by atoms with van der Waals surface area (Å²) >= 11 is 0. The first-order valence-electron chi connectivity index (χ1n) is 10.4. The molecule has 0 aromatic rings. The summed E-state index contributed by atoms with van der Waals surface area (Å²) < 4.78 is 0. The molecular formula is C20H39Cl2N3O.